The molecule has 1 atom stereocenters. The Morgan fingerprint density at radius 3 is 2.79 bits per heavy atom. The maximum atomic E-state index is 13.0. The van der Waals surface area contributed by atoms with Gasteiger partial charge in [-0.2, -0.15) is 0 Å². The number of hydrogen-bond donors (Lipinski definition) is 1. The van der Waals surface area contributed by atoms with Gasteiger partial charge in [-0.1, -0.05) is 24.3 Å². The molecular weight excluding hydrogens is 368 g/mol. The van der Waals surface area contributed by atoms with E-state index in [4.69, 9.17) is 4.74 Å². The molecule has 0 bridgehead atoms. The second kappa shape index (κ2) is 7.39. The zero-order valence-corrected chi connectivity index (χ0v) is 16.5. The van der Waals surface area contributed by atoms with E-state index >= 15 is 0 Å². The molecule has 7 nitrogen and oxygen atoms in total. The van der Waals surface area contributed by atoms with E-state index < -0.39 is 0 Å². The number of benzene rings is 1. The van der Waals surface area contributed by atoms with Crippen molar-refractivity contribution in [2.75, 3.05) is 39.4 Å². The van der Waals surface area contributed by atoms with Crippen LogP contribution in [0.1, 0.15) is 29.8 Å². The number of amides is 2. The first kappa shape index (κ1) is 18.5. The van der Waals surface area contributed by atoms with Crippen LogP contribution >= 0.6 is 0 Å². The van der Waals surface area contributed by atoms with Gasteiger partial charge in [0.15, 0.2) is 0 Å². The number of carbonyl (C=O) groups excluding carboxylic acids is 2. The fourth-order valence-electron chi connectivity index (χ4n) is 4.95. The third kappa shape index (κ3) is 3.38. The maximum Gasteiger partial charge on any atom is 0.272 e. The lowest BCUT2D eigenvalue weighted by Crippen LogP contribution is -2.67. The molecule has 4 heterocycles. The van der Waals surface area contributed by atoms with Crippen LogP contribution in [0.3, 0.4) is 0 Å². The number of aromatic nitrogens is 1. The molecule has 1 aromatic carbocycles. The van der Waals surface area contributed by atoms with Crippen molar-refractivity contribution in [2.45, 2.75) is 30.8 Å². The number of likely N-dealkylation sites (tertiary alicyclic amines) is 1. The summed E-state index contributed by atoms with van der Waals surface area (Å²) < 4.78 is 5.68. The first-order valence-corrected chi connectivity index (χ1v) is 10.4. The molecule has 0 saturated carbocycles. The SMILES string of the molecule is O=C1CN(C2CCN(C(=O)c3ccc4ccccc4n3)CC2)C2(CCOC2)CN1. The molecule has 152 valence electrons. The van der Waals surface area contributed by atoms with Gasteiger partial charge in [0.25, 0.3) is 5.91 Å². The number of nitrogens with one attached hydrogen (secondary N) is 1. The van der Waals surface area contributed by atoms with E-state index in [-0.39, 0.29) is 17.4 Å². The van der Waals surface area contributed by atoms with Crippen LogP contribution in [0.15, 0.2) is 36.4 Å². The third-order valence-electron chi connectivity index (χ3n) is 6.63. The van der Waals surface area contributed by atoms with E-state index in [0.29, 0.717) is 44.5 Å². The highest BCUT2D eigenvalue weighted by molar-refractivity contribution is 5.95. The lowest BCUT2D eigenvalue weighted by atomic mass is 9.89. The van der Waals surface area contributed by atoms with Crippen molar-refractivity contribution in [3.05, 3.63) is 42.1 Å². The highest BCUT2D eigenvalue weighted by Gasteiger charge is 2.47. The van der Waals surface area contributed by atoms with Gasteiger partial charge in [-0.15, -0.1) is 0 Å². The lowest BCUT2D eigenvalue weighted by molar-refractivity contribution is -0.131. The summed E-state index contributed by atoms with van der Waals surface area (Å²) in [6.45, 7) is 3.88. The minimum Gasteiger partial charge on any atom is -0.379 e. The topological polar surface area (TPSA) is 74.8 Å². The van der Waals surface area contributed by atoms with E-state index in [1.807, 2.05) is 41.3 Å². The molecule has 2 aromatic rings. The fraction of sp³-hybridized carbons (Fsp3) is 0.500. The van der Waals surface area contributed by atoms with Crippen molar-refractivity contribution in [1.29, 1.82) is 0 Å². The van der Waals surface area contributed by atoms with E-state index in [1.165, 1.54) is 0 Å². The van der Waals surface area contributed by atoms with Crippen LogP contribution in [-0.4, -0.2) is 77.6 Å². The van der Waals surface area contributed by atoms with Gasteiger partial charge >= 0.3 is 0 Å². The highest BCUT2D eigenvalue weighted by atomic mass is 16.5. The summed E-state index contributed by atoms with van der Waals surface area (Å²) in [7, 11) is 0. The van der Waals surface area contributed by atoms with Crippen LogP contribution in [0.25, 0.3) is 10.9 Å². The molecule has 1 aromatic heterocycles. The Kier molecular flexibility index (Phi) is 4.72. The highest BCUT2D eigenvalue weighted by Crippen LogP contribution is 2.33. The minimum absolute atomic E-state index is 0.00972. The normalized spacial score (nSPS) is 26.2. The summed E-state index contributed by atoms with van der Waals surface area (Å²) in [5, 5.41) is 4.05. The molecule has 3 aliphatic heterocycles. The van der Waals surface area contributed by atoms with Crippen LogP contribution in [0.5, 0.6) is 0 Å². The second-order valence-electron chi connectivity index (χ2n) is 8.34. The van der Waals surface area contributed by atoms with Crippen molar-refractivity contribution >= 4 is 22.7 Å². The number of rotatable bonds is 2. The average Bonchev–Trinajstić information content (AvgIpc) is 3.24. The van der Waals surface area contributed by atoms with Gasteiger partial charge in [-0.3, -0.25) is 14.5 Å². The van der Waals surface area contributed by atoms with Gasteiger partial charge in [0.2, 0.25) is 5.91 Å². The summed E-state index contributed by atoms with van der Waals surface area (Å²) in [5.74, 6) is 0.0749. The number of piperazine rings is 1. The van der Waals surface area contributed by atoms with Crippen molar-refractivity contribution < 1.29 is 14.3 Å². The summed E-state index contributed by atoms with van der Waals surface area (Å²) >= 11 is 0. The first-order chi connectivity index (χ1) is 14.1. The van der Waals surface area contributed by atoms with Gasteiger partial charge in [0, 0.05) is 37.7 Å². The molecule has 1 N–H and O–H groups in total. The minimum atomic E-state index is -0.0787. The average molecular weight is 394 g/mol. The summed E-state index contributed by atoms with van der Waals surface area (Å²) in [6, 6.07) is 11.9. The molecule has 3 fully saturated rings. The van der Waals surface area contributed by atoms with Crippen LogP contribution in [0.4, 0.5) is 0 Å². The molecule has 1 spiro atoms. The van der Waals surface area contributed by atoms with E-state index in [0.717, 1.165) is 36.8 Å². The van der Waals surface area contributed by atoms with E-state index in [2.05, 4.69) is 15.2 Å². The number of hydrogen-bond acceptors (Lipinski definition) is 5. The molecule has 3 saturated heterocycles. The Morgan fingerprint density at radius 1 is 1.17 bits per heavy atom. The number of nitrogens with zero attached hydrogens (tertiary/aromatic N) is 3. The molecule has 0 radical (unpaired) electrons. The van der Waals surface area contributed by atoms with Gasteiger partial charge in [-0.25, -0.2) is 4.98 Å². The molecular formula is C22H26N4O3. The molecule has 7 heteroatoms. The number of piperidine rings is 1. The van der Waals surface area contributed by atoms with Crippen LogP contribution in [-0.2, 0) is 9.53 Å². The molecule has 2 amide bonds. The van der Waals surface area contributed by atoms with Crippen molar-refractivity contribution in [3.63, 3.8) is 0 Å². The summed E-state index contributed by atoms with van der Waals surface area (Å²) in [5.41, 5.74) is 1.26. The number of carbonyl (C=O) groups is 2. The zero-order chi connectivity index (χ0) is 19.8. The van der Waals surface area contributed by atoms with E-state index in [1.54, 1.807) is 0 Å². The largest absolute Gasteiger partial charge is 0.379 e. The lowest BCUT2D eigenvalue weighted by Gasteiger charge is -2.49. The van der Waals surface area contributed by atoms with Gasteiger partial charge < -0.3 is 15.0 Å². The van der Waals surface area contributed by atoms with Crippen LogP contribution < -0.4 is 5.32 Å². The Hall–Kier alpha value is -2.51. The van der Waals surface area contributed by atoms with E-state index in [9.17, 15) is 9.59 Å². The number of para-hydroxylation sites is 1. The smallest absolute Gasteiger partial charge is 0.272 e. The predicted molar refractivity (Wildman–Crippen MR) is 109 cm³/mol. The van der Waals surface area contributed by atoms with Crippen LogP contribution in [0.2, 0.25) is 0 Å². The number of pyridine rings is 1. The number of fused-ring (bicyclic) bond motifs is 1. The van der Waals surface area contributed by atoms with Crippen molar-refractivity contribution in [2.24, 2.45) is 0 Å². The Bertz CT molecular complexity index is 933. The van der Waals surface area contributed by atoms with Crippen LogP contribution in [0, 0.1) is 0 Å². The quantitative estimate of drug-likeness (QED) is 0.834. The Morgan fingerprint density at radius 2 is 2.00 bits per heavy atom. The van der Waals surface area contributed by atoms with Crippen molar-refractivity contribution in [1.82, 2.24) is 20.1 Å². The summed E-state index contributed by atoms with van der Waals surface area (Å²) in [6.07, 6.45) is 2.69. The van der Waals surface area contributed by atoms with Gasteiger partial charge in [0.05, 0.1) is 24.2 Å². The molecule has 1 unspecified atom stereocenters. The molecule has 5 rings (SSSR count). The first-order valence-electron chi connectivity index (χ1n) is 10.4. The van der Waals surface area contributed by atoms with Gasteiger partial charge in [0.1, 0.15) is 5.69 Å². The monoisotopic (exact) mass is 394 g/mol. The molecule has 0 aliphatic carbocycles. The second-order valence-corrected chi connectivity index (χ2v) is 8.34. The fourth-order valence-corrected chi connectivity index (χ4v) is 4.95. The summed E-state index contributed by atoms with van der Waals surface area (Å²) in [4.78, 5) is 33.9. The van der Waals surface area contributed by atoms with Gasteiger partial charge in [-0.05, 0) is 31.4 Å². The predicted octanol–water partition coefficient (Wildman–Crippen LogP) is 1.43. The zero-order valence-electron chi connectivity index (χ0n) is 16.5. The number of ether oxygens (including phenoxy) is 1. The Balaban J connectivity index is 1.28. The molecule has 29 heavy (non-hydrogen) atoms. The molecule has 3 aliphatic rings. The third-order valence-corrected chi connectivity index (χ3v) is 6.63. The standard InChI is InChI=1S/C22H26N4O3/c27-20-13-26(22(14-23-20)9-12-29-15-22)17-7-10-25(11-8-17)21(28)19-6-5-16-3-1-2-4-18(16)24-19/h1-6,17H,7-15H2,(H,23,27). The van der Waals surface area contributed by atoms with Crippen molar-refractivity contribution in [3.8, 4) is 0 Å². The maximum absolute atomic E-state index is 13.0. The Labute approximate surface area is 170 Å².